The summed E-state index contributed by atoms with van der Waals surface area (Å²) in [7, 11) is 0. The Morgan fingerprint density at radius 3 is 2.53 bits per heavy atom. The lowest BCUT2D eigenvalue weighted by Gasteiger charge is -2.12. The molecule has 94 valence electrons. The molecule has 0 amide bonds. The Morgan fingerprint density at radius 1 is 1.00 bits per heavy atom. The Balaban J connectivity index is 2.41. The van der Waals surface area contributed by atoms with Crippen LogP contribution in [-0.2, 0) is 6.42 Å². The summed E-state index contributed by atoms with van der Waals surface area (Å²) in [6, 6.07) is 16.8. The second kappa shape index (κ2) is 5.14. The molecular weight excluding hydrogens is 298 g/mol. The number of halogens is 1. The molecule has 3 rings (SSSR count). The molecule has 0 unspecified atom stereocenters. The molecule has 3 aromatic rings. The predicted molar refractivity (Wildman–Crippen MR) is 84.3 cm³/mol. The van der Waals surface area contributed by atoms with E-state index in [1.165, 1.54) is 22.1 Å². The molecule has 0 atom stereocenters. The Hall–Kier alpha value is -1.67. The highest BCUT2D eigenvalue weighted by Gasteiger charge is 2.11. The molecule has 0 bridgehead atoms. The molecule has 0 saturated heterocycles. The molecule has 0 spiro atoms. The molecule has 1 heterocycles. The number of hydrogen-bond donors (Lipinski definition) is 0. The lowest BCUT2D eigenvalue weighted by molar-refractivity contribution is 1.12. The van der Waals surface area contributed by atoms with Crippen molar-refractivity contribution in [2.45, 2.75) is 13.3 Å². The SMILES string of the molecule is CCc1cnc2c(Br)cccc2c1-c1ccccc1. The van der Waals surface area contributed by atoms with Crippen LogP contribution in [0.4, 0.5) is 0 Å². The number of aromatic nitrogens is 1. The first kappa shape index (κ1) is 12.4. The number of rotatable bonds is 2. The van der Waals surface area contributed by atoms with Crippen molar-refractivity contribution in [3.8, 4) is 11.1 Å². The molecular formula is C17H14BrN. The van der Waals surface area contributed by atoms with Gasteiger partial charge in [0, 0.05) is 16.1 Å². The third-order valence-electron chi connectivity index (χ3n) is 3.37. The van der Waals surface area contributed by atoms with Crippen molar-refractivity contribution in [3.63, 3.8) is 0 Å². The Bertz CT molecular complexity index is 720. The van der Waals surface area contributed by atoms with Gasteiger partial charge in [-0.25, -0.2) is 0 Å². The number of fused-ring (bicyclic) bond motifs is 1. The summed E-state index contributed by atoms with van der Waals surface area (Å²) in [5.41, 5.74) is 4.87. The van der Waals surface area contributed by atoms with Crippen molar-refractivity contribution in [1.29, 1.82) is 0 Å². The number of para-hydroxylation sites is 1. The number of hydrogen-bond acceptors (Lipinski definition) is 1. The van der Waals surface area contributed by atoms with Gasteiger partial charge < -0.3 is 0 Å². The maximum atomic E-state index is 4.59. The molecule has 0 fully saturated rings. The van der Waals surface area contributed by atoms with Crippen LogP contribution in [0.3, 0.4) is 0 Å². The Labute approximate surface area is 121 Å². The Kier molecular flexibility index (Phi) is 3.34. The number of nitrogens with zero attached hydrogens (tertiary/aromatic N) is 1. The summed E-state index contributed by atoms with van der Waals surface area (Å²) >= 11 is 3.59. The lowest BCUT2D eigenvalue weighted by Crippen LogP contribution is -1.93. The summed E-state index contributed by atoms with van der Waals surface area (Å²) in [6.07, 6.45) is 2.98. The van der Waals surface area contributed by atoms with E-state index in [0.717, 1.165) is 16.4 Å². The summed E-state index contributed by atoms with van der Waals surface area (Å²) in [4.78, 5) is 4.59. The largest absolute Gasteiger partial charge is 0.255 e. The fraction of sp³-hybridized carbons (Fsp3) is 0.118. The van der Waals surface area contributed by atoms with Gasteiger partial charge in [0.05, 0.1) is 5.52 Å². The minimum atomic E-state index is 0.986. The first-order chi connectivity index (χ1) is 9.31. The molecule has 2 aromatic carbocycles. The van der Waals surface area contributed by atoms with Gasteiger partial charge in [0.1, 0.15) is 0 Å². The molecule has 0 aliphatic heterocycles. The van der Waals surface area contributed by atoms with E-state index < -0.39 is 0 Å². The topological polar surface area (TPSA) is 12.9 Å². The average Bonchev–Trinajstić information content (AvgIpc) is 2.47. The second-order valence-corrected chi connectivity index (χ2v) is 5.37. The minimum Gasteiger partial charge on any atom is -0.255 e. The van der Waals surface area contributed by atoms with Crippen LogP contribution >= 0.6 is 15.9 Å². The summed E-state index contributed by atoms with van der Waals surface area (Å²) < 4.78 is 1.05. The molecule has 19 heavy (non-hydrogen) atoms. The summed E-state index contributed by atoms with van der Waals surface area (Å²) in [6.45, 7) is 2.17. The fourth-order valence-corrected chi connectivity index (χ4v) is 2.91. The van der Waals surface area contributed by atoms with Crippen LogP contribution < -0.4 is 0 Å². The second-order valence-electron chi connectivity index (χ2n) is 4.51. The van der Waals surface area contributed by atoms with Crippen molar-refractivity contribution < 1.29 is 0 Å². The first-order valence-corrected chi connectivity index (χ1v) is 7.22. The zero-order valence-electron chi connectivity index (χ0n) is 10.7. The molecule has 2 heteroatoms. The average molecular weight is 312 g/mol. The highest BCUT2D eigenvalue weighted by atomic mass is 79.9. The van der Waals surface area contributed by atoms with Crippen LogP contribution in [0.25, 0.3) is 22.0 Å². The lowest BCUT2D eigenvalue weighted by atomic mass is 9.95. The van der Waals surface area contributed by atoms with E-state index in [4.69, 9.17) is 0 Å². The van der Waals surface area contributed by atoms with Crippen molar-refractivity contribution in [1.82, 2.24) is 4.98 Å². The molecule has 1 nitrogen and oxygen atoms in total. The molecule has 0 aliphatic rings. The van der Waals surface area contributed by atoms with E-state index in [9.17, 15) is 0 Å². The number of aryl methyl sites for hydroxylation is 1. The van der Waals surface area contributed by atoms with Gasteiger partial charge >= 0.3 is 0 Å². The first-order valence-electron chi connectivity index (χ1n) is 6.42. The summed E-state index contributed by atoms with van der Waals surface area (Å²) in [5, 5.41) is 1.21. The van der Waals surface area contributed by atoms with Gasteiger partial charge in [-0.2, -0.15) is 0 Å². The van der Waals surface area contributed by atoms with Gasteiger partial charge in [0.25, 0.3) is 0 Å². The molecule has 0 N–H and O–H groups in total. The number of benzene rings is 2. The van der Waals surface area contributed by atoms with E-state index in [1.54, 1.807) is 0 Å². The van der Waals surface area contributed by atoms with Crippen LogP contribution in [0.5, 0.6) is 0 Å². The van der Waals surface area contributed by atoms with E-state index in [2.05, 4.69) is 70.3 Å². The number of pyridine rings is 1. The van der Waals surface area contributed by atoms with Gasteiger partial charge in [-0.1, -0.05) is 49.4 Å². The van der Waals surface area contributed by atoms with Gasteiger partial charge in [-0.3, -0.25) is 4.98 Å². The zero-order chi connectivity index (χ0) is 13.2. The fourth-order valence-electron chi connectivity index (χ4n) is 2.44. The van der Waals surface area contributed by atoms with Crippen molar-refractivity contribution >= 4 is 26.8 Å². The minimum absolute atomic E-state index is 0.986. The smallest absolute Gasteiger partial charge is 0.0850 e. The maximum Gasteiger partial charge on any atom is 0.0850 e. The maximum absolute atomic E-state index is 4.59. The van der Waals surface area contributed by atoms with Crippen LogP contribution in [0.15, 0.2) is 59.2 Å². The Morgan fingerprint density at radius 2 is 1.79 bits per heavy atom. The van der Waals surface area contributed by atoms with E-state index >= 15 is 0 Å². The van der Waals surface area contributed by atoms with Crippen molar-refractivity contribution in [2.24, 2.45) is 0 Å². The van der Waals surface area contributed by atoms with Gasteiger partial charge in [-0.05, 0) is 45.1 Å². The van der Waals surface area contributed by atoms with Crippen molar-refractivity contribution in [3.05, 3.63) is 64.8 Å². The molecule has 0 aliphatic carbocycles. The standard InChI is InChI=1S/C17H14BrN/c1-2-12-11-19-17-14(9-6-10-15(17)18)16(12)13-7-4-3-5-8-13/h3-11H,2H2,1H3. The monoisotopic (exact) mass is 311 g/mol. The van der Waals surface area contributed by atoms with Gasteiger partial charge in [-0.15, -0.1) is 0 Å². The third kappa shape index (κ3) is 2.17. The van der Waals surface area contributed by atoms with E-state index in [-0.39, 0.29) is 0 Å². The zero-order valence-corrected chi connectivity index (χ0v) is 12.3. The van der Waals surface area contributed by atoms with Crippen LogP contribution in [0.2, 0.25) is 0 Å². The van der Waals surface area contributed by atoms with Crippen LogP contribution in [0.1, 0.15) is 12.5 Å². The van der Waals surface area contributed by atoms with Gasteiger partial charge in [0.15, 0.2) is 0 Å². The summed E-state index contributed by atoms with van der Waals surface area (Å²) in [5.74, 6) is 0. The van der Waals surface area contributed by atoms with Crippen LogP contribution in [0, 0.1) is 0 Å². The quantitative estimate of drug-likeness (QED) is 0.631. The van der Waals surface area contributed by atoms with E-state index in [0.29, 0.717) is 0 Å². The van der Waals surface area contributed by atoms with Crippen LogP contribution in [-0.4, -0.2) is 4.98 Å². The molecule has 0 radical (unpaired) electrons. The molecule has 0 saturated carbocycles. The predicted octanol–water partition coefficient (Wildman–Crippen LogP) is 5.23. The normalized spacial score (nSPS) is 10.8. The molecule has 1 aromatic heterocycles. The van der Waals surface area contributed by atoms with Crippen molar-refractivity contribution in [2.75, 3.05) is 0 Å². The highest BCUT2D eigenvalue weighted by Crippen LogP contribution is 2.33. The van der Waals surface area contributed by atoms with E-state index in [1.807, 2.05) is 12.3 Å². The highest BCUT2D eigenvalue weighted by molar-refractivity contribution is 9.10. The van der Waals surface area contributed by atoms with Gasteiger partial charge in [0.2, 0.25) is 0 Å². The third-order valence-corrected chi connectivity index (χ3v) is 4.01.